The second-order valence-electron chi connectivity index (χ2n) is 6.24. The third kappa shape index (κ3) is 4.42. The average molecular weight is 228 g/mol. The minimum atomic E-state index is -0.277. The van der Waals surface area contributed by atoms with Crippen LogP contribution in [-0.2, 0) is 4.74 Å². The van der Waals surface area contributed by atoms with Gasteiger partial charge in [-0.05, 0) is 43.4 Å². The third-order valence-electron chi connectivity index (χ3n) is 3.89. The van der Waals surface area contributed by atoms with E-state index in [1.807, 2.05) is 6.92 Å². The van der Waals surface area contributed by atoms with Crippen molar-refractivity contribution in [2.24, 2.45) is 11.3 Å². The molecule has 1 aliphatic rings. The van der Waals surface area contributed by atoms with Gasteiger partial charge in [0.15, 0.2) is 0 Å². The van der Waals surface area contributed by atoms with Crippen LogP contribution in [0.4, 0.5) is 0 Å². The molecule has 2 heteroatoms. The maximum atomic E-state index is 9.44. The molecule has 1 fully saturated rings. The highest BCUT2D eigenvalue weighted by molar-refractivity contribution is 4.80. The second-order valence-corrected chi connectivity index (χ2v) is 6.24. The van der Waals surface area contributed by atoms with Gasteiger partial charge in [0.1, 0.15) is 0 Å². The Kier molecular flexibility index (Phi) is 5.26. The molecule has 1 N–H and O–H groups in total. The van der Waals surface area contributed by atoms with Crippen LogP contribution in [-0.4, -0.2) is 23.9 Å². The van der Waals surface area contributed by atoms with Crippen LogP contribution in [0.5, 0.6) is 0 Å². The van der Waals surface area contributed by atoms with Crippen molar-refractivity contribution in [3.63, 3.8) is 0 Å². The summed E-state index contributed by atoms with van der Waals surface area (Å²) < 4.78 is 5.75. The molecule has 1 atom stereocenters. The van der Waals surface area contributed by atoms with E-state index in [4.69, 9.17) is 4.74 Å². The predicted molar refractivity (Wildman–Crippen MR) is 67.5 cm³/mol. The van der Waals surface area contributed by atoms with Crippen LogP contribution in [0.25, 0.3) is 0 Å². The van der Waals surface area contributed by atoms with E-state index in [0.717, 1.165) is 12.3 Å². The van der Waals surface area contributed by atoms with Crippen molar-refractivity contribution in [1.29, 1.82) is 0 Å². The molecule has 16 heavy (non-hydrogen) atoms. The lowest BCUT2D eigenvalue weighted by molar-refractivity contribution is -0.0373. The van der Waals surface area contributed by atoms with Crippen molar-refractivity contribution in [2.45, 2.75) is 72.0 Å². The van der Waals surface area contributed by atoms with Crippen molar-refractivity contribution in [3.8, 4) is 0 Å². The third-order valence-corrected chi connectivity index (χ3v) is 3.89. The summed E-state index contributed by atoms with van der Waals surface area (Å²) in [6.07, 6.45) is 5.78. The van der Waals surface area contributed by atoms with Crippen LogP contribution in [0, 0.1) is 11.3 Å². The average Bonchev–Trinajstić information content (AvgIpc) is 2.25. The molecule has 1 unspecified atom stereocenters. The van der Waals surface area contributed by atoms with Gasteiger partial charge >= 0.3 is 0 Å². The number of hydrogen-bond acceptors (Lipinski definition) is 2. The summed E-state index contributed by atoms with van der Waals surface area (Å²) in [7, 11) is 0. The van der Waals surface area contributed by atoms with Gasteiger partial charge in [0.05, 0.1) is 18.8 Å². The number of rotatable bonds is 4. The molecular formula is C14H28O2. The van der Waals surface area contributed by atoms with Gasteiger partial charge in [-0.2, -0.15) is 0 Å². The Hall–Kier alpha value is -0.0800. The summed E-state index contributed by atoms with van der Waals surface area (Å²) in [5.74, 6) is 0.837. The lowest BCUT2D eigenvalue weighted by Crippen LogP contribution is -2.30. The minimum absolute atomic E-state index is 0.277. The molecule has 0 aromatic carbocycles. The molecule has 1 rings (SSSR count). The molecule has 0 radical (unpaired) electrons. The van der Waals surface area contributed by atoms with E-state index in [-0.39, 0.29) is 6.10 Å². The Morgan fingerprint density at radius 1 is 1.19 bits per heavy atom. The summed E-state index contributed by atoms with van der Waals surface area (Å²) in [6, 6.07) is 0. The van der Waals surface area contributed by atoms with Gasteiger partial charge in [-0.1, -0.05) is 27.7 Å². The number of ether oxygens (including phenoxy) is 1. The molecule has 0 heterocycles. The molecule has 96 valence electrons. The highest BCUT2D eigenvalue weighted by atomic mass is 16.5. The first-order valence-electron chi connectivity index (χ1n) is 6.73. The second kappa shape index (κ2) is 6.02. The molecule has 1 saturated carbocycles. The van der Waals surface area contributed by atoms with Gasteiger partial charge < -0.3 is 9.84 Å². The van der Waals surface area contributed by atoms with Crippen LogP contribution in [0.1, 0.15) is 59.8 Å². The van der Waals surface area contributed by atoms with Crippen molar-refractivity contribution in [3.05, 3.63) is 0 Å². The van der Waals surface area contributed by atoms with Crippen molar-refractivity contribution in [1.82, 2.24) is 0 Å². The summed E-state index contributed by atoms with van der Waals surface area (Å²) in [5, 5.41) is 9.44. The van der Waals surface area contributed by atoms with E-state index in [1.165, 1.54) is 25.7 Å². The largest absolute Gasteiger partial charge is 0.391 e. The Morgan fingerprint density at radius 3 is 2.19 bits per heavy atom. The van der Waals surface area contributed by atoms with E-state index in [0.29, 0.717) is 18.1 Å². The first kappa shape index (κ1) is 14.0. The maximum Gasteiger partial charge on any atom is 0.0771 e. The smallest absolute Gasteiger partial charge is 0.0771 e. The van der Waals surface area contributed by atoms with Gasteiger partial charge in [0, 0.05) is 0 Å². The number of aliphatic hydroxyl groups excluding tert-OH is 1. The fraction of sp³-hybridized carbons (Fsp3) is 1.00. The summed E-state index contributed by atoms with van der Waals surface area (Å²) in [6.45, 7) is 9.50. The molecule has 0 aromatic rings. The Labute approximate surface area is 100 Å². The zero-order valence-corrected chi connectivity index (χ0v) is 11.3. The quantitative estimate of drug-likeness (QED) is 0.799. The van der Waals surface area contributed by atoms with E-state index < -0.39 is 0 Å². The van der Waals surface area contributed by atoms with E-state index in [9.17, 15) is 5.11 Å². The van der Waals surface area contributed by atoms with E-state index in [1.54, 1.807) is 0 Å². The summed E-state index contributed by atoms with van der Waals surface area (Å²) >= 11 is 0. The maximum absolute atomic E-state index is 9.44. The first-order valence-corrected chi connectivity index (χ1v) is 6.73. The summed E-state index contributed by atoms with van der Waals surface area (Å²) in [5.41, 5.74) is 0.438. The molecule has 0 spiro atoms. The molecule has 0 bridgehead atoms. The normalized spacial score (nSPS) is 29.1. The van der Waals surface area contributed by atoms with E-state index in [2.05, 4.69) is 20.8 Å². The van der Waals surface area contributed by atoms with Gasteiger partial charge in [-0.15, -0.1) is 0 Å². The zero-order valence-electron chi connectivity index (χ0n) is 11.3. The topological polar surface area (TPSA) is 29.5 Å². The first-order chi connectivity index (χ1) is 7.43. The fourth-order valence-electron chi connectivity index (χ4n) is 2.46. The lowest BCUT2D eigenvalue weighted by Gasteiger charge is -2.37. The molecule has 0 aromatic heterocycles. The van der Waals surface area contributed by atoms with Gasteiger partial charge in [0.2, 0.25) is 0 Å². The minimum Gasteiger partial charge on any atom is -0.391 e. The number of hydrogen-bond donors (Lipinski definition) is 1. The molecule has 0 amide bonds. The highest BCUT2D eigenvalue weighted by Gasteiger charge is 2.29. The van der Waals surface area contributed by atoms with Crippen molar-refractivity contribution < 1.29 is 9.84 Å². The Balaban J connectivity index is 2.22. The Morgan fingerprint density at radius 2 is 1.75 bits per heavy atom. The predicted octanol–water partition coefficient (Wildman–Crippen LogP) is 3.38. The van der Waals surface area contributed by atoms with E-state index >= 15 is 0 Å². The van der Waals surface area contributed by atoms with Crippen LogP contribution < -0.4 is 0 Å². The molecule has 0 saturated heterocycles. The van der Waals surface area contributed by atoms with Gasteiger partial charge in [0.25, 0.3) is 0 Å². The molecular weight excluding hydrogens is 200 g/mol. The van der Waals surface area contributed by atoms with Gasteiger partial charge in [-0.25, -0.2) is 0 Å². The molecule has 1 aliphatic carbocycles. The van der Waals surface area contributed by atoms with Crippen LogP contribution >= 0.6 is 0 Å². The van der Waals surface area contributed by atoms with Crippen LogP contribution in [0.15, 0.2) is 0 Å². The highest BCUT2D eigenvalue weighted by Crippen LogP contribution is 2.38. The number of aliphatic hydroxyl groups is 1. The summed E-state index contributed by atoms with van der Waals surface area (Å²) in [4.78, 5) is 0. The molecule has 2 nitrogen and oxygen atoms in total. The standard InChI is InChI=1S/C14H28O2/c1-5-12(15)10-16-13-8-6-11(7-9-13)14(2,3)4/h11-13,15H,5-10H2,1-4H3. The van der Waals surface area contributed by atoms with Crippen LogP contribution in [0.3, 0.4) is 0 Å². The van der Waals surface area contributed by atoms with Crippen molar-refractivity contribution >= 4 is 0 Å². The van der Waals surface area contributed by atoms with Crippen molar-refractivity contribution in [2.75, 3.05) is 6.61 Å². The Bertz CT molecular complexity index is 187. The molecule has 0 aliphatic heterocycles. The lowest BCUT2D eigenvalue weighted by atomic mass is 9.72. The fourth-order valence-corrected chi connectivity index (χ4v) is 2.46. The van der Waals surface area contributed by atoms with Crippen LogP contribution in [0.2, 0.25) is 0 Å². The van der Waals surface area contributed by atoms with Gasteiger partial charge in [-0.3, -0.25) is 0 Å². The monoisotopic (exact) mass is 228 g/mol. The SMILES string of the molecule is CCC(O)COC1CCC(C(C)(C)C)CC1. The zero-order chi connectivity index (χ0) is 12.2.